The minimum atomic E-state index is -1.25. The Morgan fingerprint density at radius 2 is 2.19 bits per heavy atom. The first kappa shape index (κ1) is 14.5. The number of rotatable bonds is 5. The second kappa shape index (κ2) is 5.63. The average molecular weight is 308 g/mol. The van der Waals surface area contributed by atoms with Crippen molar-refractivity contribution in [3.05, 3.63) is 39.6 Å². The van der Waals surface area contributed by atoms with Crippen molar-refractivity contribution in [3.63, 3.8) is 0 Å². The maximum atomic E-state index is 11.1. The minimum Gasteiger partial charge on any atom is -0.476 e. The first-order chi connectivity index (χ1) is 9.95. The van der Waals surface area contributed by atoms with Crippen LogP contribution in [0.4, 0.5) is 17.2 Å². The topological polar surface area (TPSA) is 127 Å². The fraction of sp³-hybridized carbons (Fsp3) is 0.0909. The zero-order chi connectivity index (χ0) is 15.6. The number of aldehydes is 1. The molecule has 0 amide bonds. The Morgan fingerprint density at radius 3 is 2.76 bits per heavy atom. The molecule has 0 aliphatic carbocycles. The van der Waals surface area contributed by atoms with Crippen LogP contribution in [0.15, 0.2) is 18.2 Å². The van der Waals surface area contributed by atoms with E-state index < -0.39 is 10.9 Å². The number of non-ortho nitro benzene ring substituents is 1. The summed E-state index contributed by atoms with van der Waals surface area (Å²) in [6.07, 6.45) is 0.457. The van der Waals surface area contributed by atoms with Gasteiger partial charge in [-0.05, 0) is 6.07 Å². The Kier molecular flexibility index (Phi) is 3.89. The molecule has 1 aromatic carbocycles. The Bertz CT molecular complexity index is 729. The molecular formula is C11H8N4O5S. The number of carbonyl (C=O) groups is 2. The Balaban J connectivity index is 2.50. The van der Waals surface area contributed by atoms with Gasteiger partial charge < -0.3 is 10.0 Å². The first-order valence-corrected chi connectivity index (χ1v) is 6.22. The lowest BCUT2D eigenvalue weighted by molar-refractivity contribution is -0.384. The minimum absolute atomic E-state index is 0.0519. The van der Waals surface area contributed by atoms with Gasteiger partial charge in [-0.3, -0.25) is 14.9 Å². The summed E-state index contributed by atoms with van der Waals surface area (Å²) in [5.41, 5.74) is -0.136. The molecule has 0 bridgehead atoms. The third-order valence-corrected chi connectivity index (χ3v) is 3.22. The lowest BCUT2D eigenvalue weighted by Gasteiger charge is -2.18. The molecule has 1 heterocycles. The fourth-order valence-electron chi connectivity index (χ4n) is 1.71. The van der Waals surface area contributed by atoms with E-state index in [1.165, 1.54) is 24.1 Å². The largest absolute Gasteiger partial charge is 0.476 e. The van der Waals surface area contributed by atoms with Crippen LogP contribution in [0, 0.1) is 10.1 Å². The predicted molar refractivity (Wildman–Crippen MR) is 73.4 cm³/mol. The van der Waals surface area contributed by atoms with E-state index in [0.29, 0.717) is 12.0 Å². The van der Waals surface area contributed by atoms with Crippen molar-refractivity contribution in [3.8, 4) is 0 Å². The number of nitro benzene ring substituents is 1. The first-order valence-electron chi connectivity index (χ1n) is 5.49. The summed E-state index contributed by atoms with van der Waals surface area (Å²) < 4.78 is 7.53. The Labute approximate surface area is 121 Å². The number of nitrogens with zero attached hydrogens (tertiary/aromatic N) is 4. The van der Waals surface area contributed by atoms with Crippen LogP contribution in [0.1, 0.15) is 20.8 Å². The molecule has 10 heteroatoms. The SMILES string of the molecule is CN(c1ccc([N+](=O)[O-])cc1C=O)c1nsnc1C(=O)O. The van der Waals surface area contributed by atoms with Gasteiger partial charge in [-0.1, -0.05) is 0 Å². The molecule has 0 spiro atoms. The molecule has 2 aromatic rings. The highest BCUT2D eigenvalue weighted by atomic mass is 32.1. The van der Waals surface area contributed by atoms with Gasteiger partial charge in [0.2, 0.25) is 5.69 Å². The number of nitro groups is 1. The Morgan fingerprint density at radius 1 is 1.48 bits per heavy atom. The van der Waals surface area contributed by atoms with Crippen molar-refractivity contribution in [2.45, 2.75) is 0 Å². The summed E-state index contributed by atoms with van der Waals surface area (Å²) in [5.74, 6) is -1.19. The predicted octanol–water partition coefficient (Wildman–Crippen LogP) is 1.72. The summed E-state index contributed by atoms with van der Waals surface area (Å²) in [6, 6.07) is 3.69. The van der Waals surface area contributed by atoms with Crippen LogP contribution in [0.25, 0.3) is 0 Å². The maximum absolute atomic E-state index is 11.1. The number of carboxylic acid groups (broad SMARTS) is 1. The highest BCUT2D eigenvalue weighted by molar-refractivity contribution is 6.99. The quantitative estimate of drug-likeness (QED) is 0.502. The van der Waals surface area contributed by atoms with E-state index in [4.69, 9.17) is 5.11 Å². The van der Waals surface area contributed by atoms with Crippen LogP contribution in [-0.2, 0) is 0 Å². The van der Waals surface area contributed by atoms with Gasteiger partial charge in [0.25, 0.3) is 5.69 Å². The van der Waals surface area contributed by atoms with E-state index in [2.05, 4.69) is 8.75 Å². The van der Waals surface area contributed by atoms with E-state index in [1.54, 1.807) is 0 Å². The Hall–Kier alpha value is -2.88. The van der Waals surface area contributed by atoms with Gasteiger partial charge in [0.15, 0.2) is 12.1 Å². The summed E-state index contributed by atoms with van der Waals surface area (Å²) in [4.78, 5) is 33.6. The van der Waals surface area contributed by atoms with Crippen molar-refractivity contribution < 1.29 is 19.6 Å². The lowest BCUT2D eigenvalue weighted by atomic mass is 10.1. The van der Waals surface area contributed by atoms with Gasteiger partial charge in [0, 0.05) is 24.7 Å². The number of hydrogen-bond donors (Lipinski definition) is 1. The average Bonchev–Trinajstić information content (AvgIpc) is 2.95. The second-order valence-electron chi connectivity index (χ2n) is 3.92. The molecule has 108 valence electrons. The van der Waals surface area contributed by atoms with Crippen molar-refractivity contribution >= 4 is 41.2 Å². The molecule has 0 radical (unpaired) electrons. The van der Waals surface area contributed by atoms with Gasteiger partial charge in [0.1, 0.15) is 0 Å². The van der Waals surface area contributed by atoms with E-state index >= 15 is 0 Å². The van der Waals surface area contributed by atoms with Gasteiger partial charge in [0.05, 0.1) is 22.3 Å². The molecule has 2 rings (SSSR count). The highest BCUT2D eigenvalue weighted by Crippen LogP contribution is 2.30. The van der Waals surface area contributed by atoms with Gasteiger partial charge in [-0.2, -0.15) is 8.75 Å². The van der Waals surface area contributed by atoms with Crippen molar-refractivity contribution in [1.82, 2.24) is 8.75 Å². The number of hydrogen-bond acceptors (Lipinski definition) is 8. The van der Waals surface area contributed by atoms with E-state index in [1.807, 2.05) is 0 Å². The third-order valence-electron chi connectivity index (χ3n) is 2.70. The zero-order valence-corrected chi connectivity index (χ0v) is 11.4. The van der Waals surface area contributed by atoms with E-state index in [0.717, 1.165) is 17.8 Å². The van der Waals surface area contributed by atoms with Gasteiger partial charge >= 0.3 is 5.97 Å². The van der Waals surface area contributed by atoms with E-state index in [-0.39, 0.29) is 22.8 Å². The molecule has 0 aliphatic heterocycles. The molecule has 0 saturated heterocycles. The standard InChI is InChI=1S/C11H8N4O5S/c1-14(10-9(11(17)18)12-21-13-10)8-3-2-7(15(19)20)4-6(8)5-16/h2-5H,1H3,(H,17,18). The maximum Gasteiger partial charge on any atom is 0.359 e. The van der Waals surface area contributed by atoms with Crippen molar-refractivity contribution in [1.29, 1.82) is 0 Å². The summed E-state index contributed by atoms with van der Waals surface area (Å²) in [7, 11) is 1.50. The molecule has 0 saturated carbocycles. The van der Waals surface area contributed by atoms with E-state index in [9.17, 15) is 19.7 Å². The number of aromatic nitrogens is 2. The van der Waals surface area contributed by atoms with Crippen LogP contribution >= 0.6 is 11.7 Å². The summed E-state index contributed by atoms with van der Waals surface area (Å²) >= 11 is 0.720. The smallest absolute Gasteiger partial charge is 0.359 e. The number of carbonyl (C=O) groups excluding carboxylic acids is 1. The third kappa shape index (κ3) is 2.69. The molecule has 1 aromatic heterocycles. The normalized spacial score (nSPS) is 10.1. The number of benzene rings is 1. The fourth-order valence-corrected chi connectivity index (χ4v) is 2.28. The van der Waals surface area contributed by atoms with Gasteiger partial charge in [-0.15, -0.1) is 0 Å². The number of aromatic carboxylic acids is 1. The molecule has 0 fully saturated rings. The molecule has 0 atom stereocenters. The number of anilines is 2. The van der Waals surface area contributed by atoms with Crippen molar-refractivity contribution in [2.24, 2.45) is 0 Å². The lowest BCUT2D eigenvalue weighted by Crippen LogP contribution is -2.15. The van der Waals surface area contributed by atoms with Crippen molar-refractivity contribution in [2.75, 3.05) is 11.9 Å². The molecule has 21 heavy (non-hydrogen) atoms. The van der Waals surface area contributed by atoms with Gasteiger partial charge in [-0.25, -0.2) is 4.79 Å². The molecule has 1 N–H and O–H groups in total. The molecule has 9 nitrogen and oxygen atoms in total. The van der Waals surface area contributed by atoms with Crippen LogP contribution < -0.4 is 4.90 Å². The molecule has 0 aliphatic rings. The van der Waals surface area contributed by atoms with Crippen LogP contribution in [0.5, 0.6) is 0 Å². The number of carboxylic acids is 1. The van der Waals surface area contributed by atoms with Crippen LogP contribution in [-0.4, -0.2) is 38.1 Å². The van der Waals surface area contributed by atoms with Crippen LogP contribution in [0.3, 0.4) is 0 Å². The zero-order valence-electron chi connectivity index (χ0n) is 10.6. The summed E-state index contributed by atoms with van der Waals surface area (Å²) in [6.45, 7) is 0. The summed E-state index contributed by atoms with van der Waals surface area (Å²) in [5, 5.41) is 19.7. The highest BCUT2D eigenvalue weighted by Gasteiger charge is 2.22. The molecule has 0 unspecified atom stereocenters. The molecular weight excluding hydrogens is 300 g/mol. The monoisotopic (exact) mass is 308 g/mol. The van der Waals surface area contributed by atoms with Crippen LogP contribution in [0.2, 0.25) is 0 Å². The second-order valence-corrected chi connectivity index (χ2v) is 4.45.